The van der Waals surface area contributed by atoms with E-state index in [9.17, 15) is 9.59 Å². The quantitative estimate of drug-likeness (QED) is 0.564. The summed E-state index contributed by atoms with van der Waals surface area (Å²) in [6.07, 6.45) is 0.275. The van der Waals surface area contributed by atoms with Crippen LogP contribution in [-0.2, 0) is 19.7 Å². The van der Waals surface area contributed by atoms with Gasteiger partial charge in [-0.15, -0.1) is 0 Å². The number of aromatic nitrogens is 2. The summed E-state index contributed by atoms with van der Waals surface area (Å²) in [5.74, 6) is 0.625. The molecule has 2 aromatic carbocycles. The number of rotatable bonds is 5. The van der Waals surface area contributed by atoms with Crippen LogP contribution in [-0.4, -0.2) is 41.5 Å². The first-order chi connectivity index (χ1) is 14.7. The first kappa shape index (κ1) is 21.5. The van der Waals surface area contributed by atoms with E-state index in [1.807, 2.05) is 57.2 Å². The number of carbonyl (C=O) groups is 2. The van der Waals surface area contributed by atoms with Crippen LogP contribution in [0.1, 0.15) is 31.7 Å². The number of benzene rings is 2. The van der Waals surface area contributed by atoms with Gasteiger partial charge in [0, 0.05) is 34.2 Å². The number of carbonyl (C=O) groups excluding carboxylic acids is 2. The Labute approximate surface area is 189 Å². The van der Waals surface area contributed by atoms with Crippen molar-refractivity contribution < 1.29 is 14.3 Å². The van der Waals surface area contributed by atoms with E-state index < -0.39 is 5.41 Å². The van der Waals surface area contributed by atoms with Crippen LogP contribution in [0, 0.1) is 6.92 Å². The fraction of sp³-hybridized carbons (Fsp3) is 0.348. The molecule has 2 amide bonds. The Balaban J connectivity index is 1.46. The topological polar surface area (TPSA) is 87.3 Å². The summed E-state index contributed by atoms with van der Waals surface area (Å²) in [6, 6.07) is 11.5. The molecule has 3 aromatic rings. The molecule has 2 N–H and O–H groups in total. The number of hydrogen-bond acceptors (Lipinski definition) is 4. The molecule has 162 valence electrons. The number of hydrogen-bond donors (Lipinski definition) is 2. The third-order valence-electron chi connectivity index (χ3n) is 5.44. The van der Waals surface area contributed by atoms with E-state index in [4.69, 9.17) is 4.74 Å². The maximum atomic E-state index is 12.8. The molecule has 1 aliphatic heterocycles. The first-order valence-corrected chi connectivity index (χ1v) is 11.0. The molecule has 0 bridgehead atoms. The number of anilines is 2. The van der Waals surface area contributed by atoms with E-state index in [1.54, 1.807) is 4.90 Å². The number of halogens is 1. The van der Waals surface area contributed by atoms with Crippen LogP contribution in [0.5, 0.6) is 0 Å². The molecule has 4 rings (SSSR count). The van der Waals surface area contributed by atoms with Crippen molar-refractivity contribution in [1.29, 1.82) is 0 Å². The average Bonchev–Trinajstić information content (AvgIpc) is 3.13. The van der Waals surface area contributed by atoms with Crippen molar-refractivity contribution >= 4 is 50.2 Å². The summed E-state index contributed by atoms with van der Waals surface area (Å²) in [7, 11) is 0. The lowest BCUT2D eigenvalue weighted by molar-refractivity contribution is -0.125. The lowest BCUT2D eigenvalue weighted by Gasteiger charge is -2.28. The number of aromatic amines is 1. The Kier molecular flexibility index (Phi) is 5.85. The summed E-state index contributed by atoms with van der Waals surface area (Å²) in [5, 5.41) is 2.98. The minimum absolute atomic E-state index is 0.0502. The van der Waals surface area contributed by atoms with Gasteiger partial charge in [-0.1, -0.05) is 29.8 Å². The average molecular weight is 485 g/mol. The number of H-pyrrole nitrogens is 1. The fourth-order valence-electron chi connectivity index (χ4n) is 3.80. The number of ether oxygens (including phenoxy) is 1. The van der Waals surface area contributed by atoms with Gasteiger partial charge in [0.15, 0.2) is 0 Å². The standard InChI is InChI=1S/C23H25BrN4O3/c1-14-10-16(5-7-19(14)28-8-9-31-13-21(28)30)25-20(29)12-23(2,3)22-26-17-6-4-15(24)11-18(17)27-22/h4-7,10-11H,8-9,12-13H2,1-3H3,(H,25,29)(H,26,27). The van der Waals surface area contributed by atoms with Gasteiger partial charge in [0.2, 0.25) is 5.91 Å². The van der Waals surface area contributed by atoms with E-state index in [2.05, 4.69) is 31.2 Å². The number of nitrogens with one attached hydrogen (secondary N) is 2. The van der Waals surface area contributed by atoms with Crippen LogP contribution in [0.3, 0.4) is 0 Å². The Hall–Kier alpha value is -2.71. The van der Waals surface area contributed by atoms with Gasteiger partial charge in [0.25, 0.3) is 5.91 Å². The zero-order valence-electron chi connectivity index (χ0n) is 17.8. The molecule has 1 fully saturated rings. The predicted molar refractivity (Wildman–Crippen MR) is 124 cm³/mol. The molecule has 0 aliphatic carbocycles. The number of imidazole rings is 1. The molecule has 0 unspecified atom stereocenters. The van der Waals surface area contributed by atoms with Crippen molar-refractivity contribution in [3.63, 3.8) is 0 Å². The summed E-state index contributed by atoms with van der Waals surface area (Å²) in [4.78, 5) is 34.6. The van der Waals surface area contributed by atoms with Crippen LogP contribution < -0.4 is 10.2 Å². The van der Waals surface area contributed by atoms with Crippen molar-refractivity contribution in [1.82, 2.24) is 9.97 Å². The van der Waals surface area contributed by atoms with Gasteiger partial charge in [-0.25, -0.2) is 4.98 Å². The van der Waals surface area contributed by atoms with Gasteiger partial charge in [-0.05, 0) is 48.9 Å². The van der Waals surface area contributed by atoms with Gasteiger partial charge in [-0.2, -0.15) is 0 Å². The zero-order chi connectivity index (χ0) is 22.2. The summed E-state index contributed by atoms with van der Waals surface area (Å²) in [5.41, 5.74) is 3.81. The maximum absolute atomic E-state index is 12.8. The number of fused-ring (bicyclic) bond motifs is 1. The van der Waals surface area contributed by atoms with E-state index >= 15 is 0 Å². The van der Waals surface area contributed by atoms with Crippen molar-refractivity contribution in [2.75, 3.05) is 30.0 Å². The molecule has 1 saturated heterocycles. The first-order valence-electron chi connectivity index (χ1n) is 10.2. The van der Waals surface area contributed by atoms with Crippen LogP contribution in [0.25, 0.3) is 11.0 Å². The zero-order valence-corrected chi connectivity index (χ0v) is 19.4. The lowest BCUT2D eigenvalue weighted by Crippen LogP contribution is -2.42. The van der Waals surface area contributed by atoms with E-state index in [1.165, 1.54) is 0 Å². The Bertz CT molecular complexity index is 1150. The number of morpholine rings is 1. The molecule has 31 heavy (non-hydrogen) atoms. The second-order valence-corrected chi connectivity index (χ2v) is 9.37. The second kappa shape index (κ2) is 8.43. The highest BCUT2D eigenvalue weighted by molar-refractivity contribution is 9.10. The molecule has 0 atom stereocenters. The number of nitrogens with zero attached hydrogens (tertiary/aromatic N) is 2. The lowest BCUT2D eigenvalue weighted by atomic mass is 9.88. The smallest absolute Gasteiger partial charge is 0.253 e. The molecule has 8 heteroatoms. The molecule has 7 nitrogen and oxygen atoms in total. The van der Waals surface area contributed by atoms with Crippen LogP contribution in [0.15, 0.2) is 40.9 Å². The normalized spacial score (nSPS) is 14.8. The summed E-state index contributed by atoms with van der Waals surface area (Å²) < 4.78 is 6.17. The van der Waals surface area contributed by atoms with Gasteiger partial charge in [-0.3, -0.25) is 9.59 Å². The molecule has 0 radical (unpaired) electrons. The highest BCUT2D eigenvalue weighted by Gasteiger charge is 2.28. The molecule has 0 spiro atoms. The predicted octanol–water partition coefficient (Wildman–Crippen LogP) is 4.30. The molecule has 0 saturated carbocycles. The Morgan fingerprint density at radius 1 is 1.29 bits per heavy atom. The van der Waals surface area contributed by atoms with Gasteiger partial charge >= 0.3 is 0 Å². The van der Waals surface area contributed by atoms with Crippen molar-refractivity contribution in [3.05, 3.63) is 52.3 Å². The highest BCUT2D eigenvalue weighted by Crippen LogP contribution is 2.29. The molecule has 1 aromatic heterocycles. The Morgan fingerprint density at radius 2 is 2.10 bits per heavy atom. The molecule has 1 aliphatic rings. The van der Waals surface area contributed by atoms with Crippen LogP contribution in [0.2, 0.25) is 0 Å². The SMILES string of the molecule is Cc1cc(NC(=O)CC(C)(C)c2nc3ccc(Br)cc3[nH]2)ccc1N1CCOCC1=O. The van der Waals surface area contributed by atoms with Gasteiger partial charge in [0.1, 0.15) is 12.4 Å². The van der Waals surface area contributed by atoms with Crippen LogP contribution in [0.4, 0.5) is 11.4 Å². The molecular weight excluding hydrogens is 460 g/mol. The van der Waals surface area contributed by atoms with Gasteiger partial charge < -0.3 is 19.9 Å². The largest absolute Gasteiger partial charge is 0.370 e. The van der Waals surface area contributed by atoms with E-state index in [-0.39, 0.29) is 24.8 Å². The second-order valence-electron chi connectivity index (χ2n) is 8.45. The highest BCUT2D eigenvalue weighted by atomic mass is 79.9. The minimum Gasteiger partial charge on any atom is -0.370 e. The molecule has 2 heterocycles. The van der Waals surface area contributed by atoms with Gasteiger partial charge in [0.05, 0.1) is 17.6 Å². The fourth-order valence-corrected chi connectivity index (χ4v) is 4.16. The van der Waals surface area contributed by atoms with Crippen molar-refractivity contribution in [2.45, 2.75) is 32.6 Å². The van der Waals surface area contributed by atoms with E-state index in [0.717, 1.165) is 32.6 Å². The van der Waals surface area contributed by atoms with Crippen molar-refractivity contribution in [3.8, 4) is 0 Å². The van der Waals surface area contributed by atoms with Crippen LogP contribution >= 0.6 is 15.9 Å². The van der Waals surface area contributed by atoms with Crippen molar-refractivity contribution in [2.24, 2.45) is 0 Å². The van der Waals surface area contributed by atoms with E-state index in [0.29, 0.717) is 18.8 Å². The third kappa shape index (κ3) is 4.65. The number of aryl methyl sites for hydroxylation is 1. The molecular formula is C23H25BrN4O3. The minimum atomic E-state index is -0.467. The third-order valence-corrected chi connectivity index (χ3v) is 5.94. The maximum Gasteiger partial charge on any atom is 0.253 e. The summed E-state index contributed by atoms with van der Waals surface area (Å²) in [6.45, 7) is 7.09. The number of amides is 2. The monoisotopic (exact) mass is 484 g/mol. The summed E-state index contributed by atoms with van der Waals surface area (Å²) >= 11 is 3.47. The Morgan fingerprint density at radius 3 is 2.84 bits per heavy atom.